The lowest BCUT2D eigenvalue weighted by atomic mass is 9.93. The summed E-state index contributed by atoms with van der Waals surface area (Å²) in [7, 11) is 4.01. The van der Waals surface area contributed by atoms with Crippen LogP contribution in [0.15, 0.2) is 30.6 Å². The Bertz CT molecular complexity index is 672. The van der Waals surface area contributed by atoms with Crippen molar-refractivity contribution in [3.05, 3.63) is 52.6 Å². The first-order chi connectivity index (χ1) is 11.0. The average Bonchev–Trinajstić information content (AvgIpc) is 3.09. The van der Waals surface area contributed by atoms with Crippen LogP contribution in [0.2, 0.25) is 5.02 Å². The number of nitrogens with one attached hydrogen (secondary N) is 1. The first kappa shape index (κ1) is 16.4. The number of aromatic nitrogens is 2. The lowest BCUT2D eigenvalue weighted by molar-refractivity contribution is 0.271. The Labute approximate surface area is 141 Å². The van der Waals surface area contributed by atoms with Crippen LogP contribution in [0.25, 0.3) is 0 Å². The van der Waals surface area contributed by atoms with Gasteiger partial charge in [-0.2, -0.15) is 5.10 Å². The fourth-order valence-electron chi connectivity index (χ4n) is 3.43. The summed E-state index contributed by atoms with van der Waals surface area (Å²) >= 11 is 5.80. The molecule has 0 aliphatic carbocycles. The minimum Gasteiger partial charge on any atom is -0.312 e. The van der Waals surface area contributed by atoms with Gasteiger partial charge in [-0.15, -0.1) is 0 Å². The molecule has 2 atom stereocenters. The number of benzene rings is 1. The van der Waals surface area contributed by atoms with Gasteiger partial charge in [0.05, 0.1) is 11.2 Å². The number of hydrogen-bond acceptors (Lipinski definition) is 3. The van der Waals surface area contributed by atoms with E-state index in [9.17, 15) is 4.39 Å². The number of hydrogen-bond donors (Lipinski definition) is 1. The molecule has 1 saturated heterocycles. The van der Waals surface area contributed by atoms with Gasteiger partial charge in [0, 0.05) is 37.9 Å². The van der Waals surface area contributed by atoms with E-state index in [0.717, 1.165) is 31.6 Å². The van der Waals surface area contributed by atoms with E-state index in [2.05, 4.69) is 22.4 Å². The Hall–Kier alpha value is -1.43. The lowest BCUT2D eigenvalue weighted by Crippen LogP contribution is -2.28. The molecule has 0 bridgehead atoms. The number of rotatable bonds is 5. The quantitative estimate of drug-likeness (QED) is 0.911. The van der Waals surface area contributed by atoms with E-state index in [0.29, 0.717) is 5.92 Å². The smallest absolute Gasteiger partial charge is 0.142 e. The van der Waals surface area contributed by atoms with Crippen molar-refractivity contribution in [1.82, 2.24) is 20.0 Å². The normalized spacial score (nSPS) is 21.9. The summed E-state index contributed by atoms with van der Waals surface area (Å²) < 4.78 is 15.6. The van der Waals surface area contributed by atoms with Crippen molar-refractivity contribution in [3.8, 4) is 0 Å². The third-order valence-corrected chi connectivity index (χ3v) is 4.86. The van der Waals surface area contributed by atoms with Crippen molar-refractivity contribution in [2.24, 2.45) is 13.0 Å². The molecule has 1 N–H and O–H groups in total. The molecule has 1 fully saturated rings. The lowest BCUT2D eigenvalue weighted by Gasteiger charge is -2.26. The van der Waals surface area contributed by atoms with Crippen LogP contribution in [0.3, 0.4) is 0 Å². The fourth-order valence-corrected chi connectivity index (χ4v) is 3.55. The van der Waals surface area contributed by atoms with Crippen molar-refractivity contribution in [2.45, 2.75) is 19.0 Å². The summed E-state index contributed by atoms with van der Waals surface area (Å²) in [6.45, 7) is 2.72. The third kappa shape index (κ3) is 3.74. The molecule has 1 aliphatic rings. The summed E-state index contributed by atoms with van der Waals surface area (Å²) in [5, 5.41) is 7.86. The molecule has 0 saturated carbocycles. The van der Waals surface area contributed by atoms with Gasteiger partial charge in [0.2, 0.25) is 0 Å². The predicted molar refractivity (Wildman–Crippen MR) is 89.8 cm³/mol. The van der Waals surface area contributed by atoms with Crippen molar-refractivity contribution in [3.63, 3.8) is 0 Å². The Morgan fingerprint density at radius 2 is 2.22 bits per heavy atom. The largest absolute Gasteiger partial charge is 0.312 e. The zero-order chi connectivity index (χ0) is 16.4. The summed E-state index contributed by atoms with van der Waals surface area (Å²) in [5.74, 6) is 0.115. The molecule has 0 unspecified atom stereocenters. The van der Waals surface area contributed by atoms with Gasteiger partial charge in [0.15, 0.2) is 0 Å². The molecule has 124 valence electrons. The summed E-state index contributed by atoms with van der Waals surface area (Å²) in [6, 6.07) is 5.39. The maximum Gasteiger partial charge on any atom is 0.142 e. The van der Waals surface area contributed by atoms with Crippen LogP contribution in [0.1, 0.15) is 23.6 Å². The van der Waals surface area contributed by atoms with E-state index >= 15 is 0 Å². The SMILES string of the molecule is CN1CC[C@H](CNCc2cnn(C)c2)[C@H]1c1ccc(Cl)c(F)c1. The first-order valence-corrected chi connectivity index (χ1v) is 8.26. The maximum absolute atomic E-state index is 13.8. The number of aryl methyl sites for hydroxylation is 1. The maximum atomic E-state index is 13.8. The molecule has 0 radical (unpaired) electrons. The van der Waals surface area contributed by atoms with Crippen molar-refractivity contribution < 1.29 is 4.39 Å². The number of nitrogens with zero attached hydrogens (tertiary/aromatic N) is 3. The molecule has 6 heteroatoms. The van der Waals surface area contributed by atoms with Gasteiger partial charge in [0.25, 0.3) is 0 Å². The number of halogens is 2. The average molecular weight is 337 g/mol. The summed E-state index contributed by atoms with van der Waals surface area (Å²) in [6.07, 6.45) is 4.99. The van der Waals surface area contributed by atoms with E-state index < -0.39 is 0 Å². The minimum atomic E-state index is -0.341. The second-order valence-electron chi connectivity index (χ2n) is 6.30. The molecule has 2 heterocycles. The molecular weight excluding hydrogens is 315 g/mol. The molecule has 1 aromatic heterocycles. The Morgan fingerprint density at radius 1 is 1.39 bits per heavy atom. The van der Waals surface area contributed by atoms with E-state index in [1.54, 1.807) is 16.8 Å². The van der Waals surface area contributed by atoms with Crippen LogP contribution in [-0.4, -0.2) is 34.8 Å². The molecule has 23 heavy (non-hydrogen) atoms. The Kier molecular flexibility index (Phi) is 4.99. The highest BCUT2D eigenvalue weighted by atomic mass is 35.5. The van der Waals surface area contributed by atoms with Gasteiger partial charge in [-0.3, -0.25) is 9.58 Å². The van der Waals surface area contributed by atoms with Gasteiger partial charge in [-0.25, -0.2) is 4.39 Å². The van der Waals surface area contributed by atoms with E-state index in [1.807, 2.05) is 25.5 Å². The van der Waals surface area contributed by atoms with Gasteiger partial charge in [-0.1, -0.05) is 17.7 Å². The van der Waals surface area contributed by atoms with Crippen LogP contribution < -0.4 is 5.32 Å². The van der Waals surface area contributed by atoms with Gasteiger partial charge in [0.1, 0.15) is 5.82 Å². The van der Waals surface area contributed by atoms with Gasteiger partial charge < -0.3 is 5.32 Å². The van der Waals surface area contributed by atoms with Crippen molar-refractivity contribution in [2.75, 3.05) is 20.1 Å². The van der Waals surface area contributed by atoms with Crippen LogP contribution in [-0.2, 0) is 13.6 Å². The monoisotopic (exact) mass is 336 g/mol. The van der Waals surface area contributed by atoms with Crippen LogP contribution >= 0.6 is 11.6 Å². The standard InChI is InChI=1S/C17H22ClFN4/c1-22-6-5-14(10-20-8-12-9-21-23(2)11-12)17(22)13-3-4-15(18)16(19)7-13/h3-4,7,9,11,14,17,20H,5-6,8,10H2,1-2H3/t14-,17-/m1/s1. The third-order valence-electron chi connectivity index (χ3n) is 4.55. The molecule has 2 aromatic rings. The molecule has 0 spiro atoms. The first-order valence-electron chi connectivity index (χ1n) is 7.88. The second kappa shape index (κ2) is 6.99. The van der Waals surface area contributed by atoms with Crippen LogP contribution in [0.5, 0.6) is 0 Å². The van der Waals surface area contributed by atoms with Crippen molar-refractivity contribution >= 4 is 11.6 Å². The number of likely N-dealkylation sites (tertiary alicyclic amines) is 1. The van der Waals surface area contributed by atoms with Gasteiger partial charge >= 0.3 is 0 Å². The fraction of sp³-hybridized carbons (Fsp3) is 0.471. The van der Waals surface area contributed by atoms with Crippen LogP contribution in [0, 0.1) is 11.7 Å². The zero-order valence-corrected chi connectivity index (χ0v) is 14.2. The van der Waals surface area contributed by atoms with E-state index in [-0.39, 0.29) is 16.9 Å². The Balaban J connectivity index is 1.64. The highest BCUT2D eigenvalue weighted by Crippen LogP contribution is 2.36. The van der Waals surface area contributed by atoms with E-state index in [4.69, 9.17) is 11.6 Å². The highest BCUT2D eigenvalue weighted by molar-refractivity contribution is 6.30. The predicted octanol–water partition coefficient (Wildman–Crippen LogP) is 3.00. The summed E-state index contributed by atoms with van der Waals surface area (Å²) in [4.78, 5) is 2.29. The Morgan fingerprint density at radius 3 is 2.91 bits per heavy atom. The van der Waals surface area contributed by atoms with E-state index in [1.165, 1.54) is 5.56 Å². The second-order valence-corrected chi connectivity index (χ2v) is 6.71. The molecule has 1 aliphatic heterocycles. The zero-order valence-electron chi connectivity index (χ0n) is 13.5. The molecular formula is C17H22ClFN4. The minimum absolute atomic E-state index is 0.181. The highest BCUT2D eigenvalue weighted by Gasteiger charge is 2.32. The van der Waals surface area contributed by atoms with Crippen LogP contribution in [0.4, 0.5) is 4.39 Å². The topological polar surface area (TPSA) is 33.1 Å². The summed E-state index contributed by atoms with van der Waals surface area (Å²) in [5.41, 5.74) is 2.17. The molecule has 0 amide bonds. The molecule has 4 nitrogen and oxygen atoms in total. The molecule has 3 rings (SSSR count). The van der Waals surface area contributed by atoms with Crippen molar-refractivity contribution in [1.29, 1.82) is 0 Å². The molecule has 1 aromatic carbocycles. The van der Waals surface area contributed by atoms with Gasteiger partial charge in [-0.05, 0) is 43.6 Å².